The lowest BCUT2D eigenvalue weighted by Gasteiger charge is -2.26. The van der Waals surface area contributed by atoms with Gasteiger partial charge in [-0.2, -0.15) is 5.10 Å². The topological polar surface area (TPSA) is 99.3 Å². The average molecular weight is 552 g/mol. The molecule has 0 saturated heterocycles. The van der Waals surface area contributed by atoms with Gasteiger partial charge in [0, 0.05) is 49.6 Å². The number of rotatable bonds is 9. The third-order valence-electron chi connectivity index (χ3n) is 6.99. The number of nitrogens with one attached hydrogen (secondary N) is 1. The molecule has 0 fully saturated rings. The highest BCUT2D eigenvalue weighted by molar-refractivity contribution is 5.95. The standard InChI is InChI=1S/C28H31F2N7O3/c1-17-12-37(34-32-17)24-7-8-25(40-4)27(30)20(24)11-31-28(38)22-15-36(33-23(22)16-39-3)13-19-6-5-18-9-10-35(2)14-21(18)26(19)29/h5-8,12,15H,9-11,13-14,16H2,1-4H3,(H,31,38). The third kappa shape index (κ3) is 5.45. The first-order chi connectivity index (χ1) is 19.3. The lowest BCUT2D eigenvalue weighted by molar-refractivity contribution is 0.0945. The molecule has 210 valence electrons. The van der Waals surface area contributed by atoms with Crippen LogP contribution < -0.4 is 10.1 Å². The van der Waals surface area contributed by atoms with E-state index in [1.54, 1.807) is 31.5 Å². The first-order valence-electron chi connectivity index (χ1n) is 12.8. The van der Waals surface area contributed by atoms with Crippen LogP contribution in [-0.2, 0) is 37.4 Å². The molecule has 1 aliphatic heterocycles. The van der Waals surface area contributed by atoms with Gasteiger partial charge in [-0.3, -0.25) is 9.48 Å². The van der Waals surface area contributed by atoms with Crippen molar-refractivity contribution >= 4 is 5.91 Å². The van der Waals surface area contributed by atoms with E-state index in [0.717, 1.165) is 18.5 Å². The average Bonchev–Trinajstić information content (AvgIpc) is 3.55. The van der Waals surface area contributed by atoms with Crippen molar-refractivity contribution in [1.29, 1.82) is 0 Å². The molecule has 1 amide bonds. The minimum absolute atomic E-state index is 0.0380. The van der Waals surface area contributed by atoms with Gasteiger partial charge in [0.1, 0.15) is 11.5 Å². The van der Waals surface area contributed by atoms with Gasteiger partial charge < -0.3 is 19.7 Å². The smallest absolute Gasteiger partial charge is 0.255 e. The highest BCUT2D eigenvalue weighted by Crippen LogP contribution is 2.27. The fourth-order valence-electron chi connectivity index (χ4n) is 4.91. The summed E-state index contributed by atoms with van der Waals surface area (Å²) in [6.45, 7) is 3.28. The second-order valence-electron chi connectivity index (χ2n) is 9.85. The Morgan fingerprint density at radius 1 is 1.12 bits per heavy atom. The molecule has 3 heterocycles. The third-order valence-corrected chi connectivity index (χ3v) is 6.99. The molecular weight excluding hydrogens is 520 g/mol. The van der Waals surface area contributed by atoms with Crippen molar-refractivity contribution in [2.75, 3.05) is 27.8 Å². The maximum absolute atomic E-state index is 15.4. The van der Waals surface area contributed by atoms with Gasteiger partial charge in [-0.1, -0.05) is 17.3 Å². The molecule has 0 radical (unpaired) electrons. The second-order valence-corrected chi connectivity index (χ2v) is 9.85. The van der Waals surface area contributed by atoms with Crippen LogP contribution in [0.2, 0.25) is 0 Å². The Bertz CT molecular complexity index is 1550. The number of aromatic nitrogens is 5. The maximum Gasteiger partial charge on any atom is 0.255 e. The number of hydrogen-bond acceptors (Lipinski definition) is 7. The van der Waals surface area contributed by atoms with E-state index in [1.165, 1.54) is 29.6 Å². The monoisotopic (exact) mass is 551 g/mol. The number of carbonyl (C=O) groups is 1. The van der Waals surface area contributed by atoms with Gasteiger partial charge in [-0.05, 0) is 38.1 Å². The molecular formula is C28H31F2N7O3. The highest BCUT2D eigenvalue weighted by Gasteiger charge is 2.23. The number of aryl methyl sites for hydroxylation is 1. The molecule has 0 spiro atoms. The highest BCUT2D eigenvalue weighted by atomic mass is 19.1. The Labute approximate surface area is 230 Å². The molecule has 1 N–H and O–H groups in total. The summed E-state index contributed by atoms with van der Waals surface area (Å²) < 4.78 is 44.0. The van der Waals surface area contributed by atoms with Gasteiger partial charge in [-0.25, -0.2) is 13.5 Å². The van der Waals surface area contributed by atoms with E-state index in [2.05, 4.69) is 25.6 Å². The number of halogens is 2. The van der Waals surface area contributed by atoms with Crippen LogP contribution in [0, 0.1) is 18.6 Å². The summed E-state index contributed by atoms with van der Waals surface area (Å²) >= 11 is 0. The lowest BCUT2D eigenvalue weighted by Crippen LogP contribution is -2.27. The Morgan fingerprint density at radius 3 is 2.67 bits per heavy atom. The molecule has 0 bridgehead atoms. The zero-order valence-electron chi connectivity index (χ0n) is 22.9. The summed E-state index contributed by atoms with van der Waals surface area (Å²) in [5.74, 6) is -1.30. The van der Waals surface area contributed by atoms with Crippen LogP contribution >= 0.6 is 0 Å². The number of carbonyl (C=O) groups excluding carboxylic acids is 1. The summed E-state index contributed by atoms with van der Waals surface area (Å²) in [7, 11) is 4.84. The van der Waals surface area contributed by atoms with Gasteiger partial charge in [-0.15, -0.1) is 5.10 Å². The Balaban J connectivity index is 1.39. The molecule has 5 rings (SSSR count). The number of amides is 1. The summed E-state index contributed by atoms with van der Waals surface area (Å²) in [4.78, 5) is 15.4. The molecule has 4 aromatic rings. The van der Waals surface area contributed by atoms with Crippen LogP contribution in [0.3, 0.4) is 0 Å². The molecule has 10 nitrogen and oxygen atoms in total. The van der Waals surface area contributed by atoms with E-state index >= 15 is 8.78 Å². The lowest BCUT2D eigenvalue weighted by atomic mass is 9.97. The van der Waals surface area contributed by atoms with Crippen LogP contribution in [-0.4, -0.2) is 63.4 Å². The summed E-state index contributed by atoms with van der Waals surface area (Å²) in [6.07, 6.45) is 4.02. The van der Waals surface area contributed by atoms with Crippen molar-refractivity contribution in [2.24, 2.45) is 0 Å². The molecule has 40 heavy (non-hydrogen) atoms. The van der Waals surface area contributed by atoms with Crippen molar-refractivity contribution in [1.82, 2.24) is 35.0 Å². The minimum atomic E-state index is -0.616. The predicted molar refractivity (Wildman–Crippen MR) is 142 cm³/mol. The quantitative estimate of drug-likeness (QED) is 0.341. The van der Waals surface area contributed by atoms with Crippen molar-refractivity contribution in [3.05, 3.63) is 87.5 Å². The molecule has 12 heteroatoms. The van der Waals surface area contributed by atoms with Gasteiger partial charge in [0.05, 0.1) is 43.4 Å². The normalized spacial score (nSPS) is 13.3. The van der Waals surface area contributed by atoms with E-state index in [4.69, 9.17) is 9.47 Å². The predicted octanol–water partition coefficient (Wildman–Crippen LogP) is 3.17. The first kappa shape index (κ1) is 27.4. The number of fused-ring (bicyclic) bond motifs is 1. The molecule has 2 aromatic carbocycles. The summed E-state index contributed by atoms with van der Waals surface area (Å²) in [6, 6.07) is 6.88. The van der Waals surface area contributed by atoms with Crippen molar-refractivity contribution in [3.8, 4) is 11.4 Å². The Kier molecular flexibility index (Phi) is 7.90. The van der Waals surface area contributed by atoms with Crippen LogP contribution in [0.4, 0.5) is 8.78 Å². The van der Waals surface area contributed by atoms with Crippen molar-refractivity contribution < 1.29 is 23.0 Å². The fourth-order valence-corrected chi connectivity index (χ4v) is 4.91. The maximum atomic E-state index is 15.4. The van der Waals surface area contributed by atoms with Gasteiger partial charge in [0.25, 0.3) is 5.91 Å². The van der Waals surface area contributed by atoms with E-state index in [9.17, 15) is 4.79 Å². The largest absolute Gasteiger partial charge is 0.494 e. The zero-order valence-corrected chi connectivity index (χ0v) is 22.9. The Hall–Kier alpha value is -4.16. The van der Waals surface area contributed by atoms with Gasteiger partial charge in [0.2, 0.25) is 0 Å². The van der Waals surface area contributed by atoms with Crippen LogP contribution in [0.25, 0.3) is 5.69 Å². The number of nitrogens with zero attached hydrogens (tertiary/aromatic N) is 6. The molecule has 0 saturated carbocycles. The van der Waals surface area contributed by atoms with Crippen LogP contribution in [0.1, 0.15) is 44.0 Å². The number of benzene rings is 2. The number of ether oxygens (including phenoxy) is 2. The molecule has 0 atom stereocenters. The van der Waals surface area contributed by atoms with E-state index in [0.29, 0.717) is 34.7 Å². The summed E-state index contributed by atoms with van der Waals surface area (Å²) in [5.41, 5.74) is 4.10. The second kappa shape index (κ2) is 11.5. The minimum Gasteiger partial charge on any atom is -0.494 e. The summed E-state index contributed by atoms with van der Waals surface area (Å²) in [5, 5.41) is 15.3. The van der Waals surface area contributed by atoms with E-state index in [1.807, 2.05) is 13.1 Å². The SMILES string of the molecule is COCc1nn(Cc2ccc3c(c2F)CN(C)CC3)cc1C(=O)NCc1c(-n2cc(C)nn2)ccc(OC)c1F. The zero-order chi connectivity index (χ0) is 28.4. The van der Waals surface area contributed by atoms with E-state index in [-0.39, 0.29) is 42.4 Å². The van der Waals surface area contributed by atoms with E-state index < -0.39 is 11.7 Å². The van der Waals surface area contributed by atoms with Crippen LogP contribution in [0.5, 0.6) is 5.75 Å². The van der Waals surface area contributed by atoms with Gasteiger partial charge >= 0.3 is 0 Å². The molecule has 1 aliphatic rings. The van der Waals surface area contributed by atoms with Crippen molar-refractivity contribution in [3.63, 3.8) is 0 Å². The van der Waals surface area contributed by atoms with Crippen molar-refractivity contribution in [2.45, 2.75) is 39.6 Å². The molecule has 0 unspecified atom stereocenters. The Morgan fingerprint density at radius 2 is 1.95 bits per heavy atom. The number of methoxy groups -OCH3 is 2. The van der Waals surface area contributed by atoms with Gasteiger partial charge in [0.15, 0.2) is 11.6 Å². The van der Waals surface area contributed by atoms with Crippen LogP contribution in [0.15, 0.2) is 36.7 Å². The first-order valence-corrected chi connectivity index (χ1v) is 12.8. The fraction of sp³-hybridized carbons (Fsp3) is 0.357. The molecule has 0 aliphatic carbocycles. The number of hydrogen-bond donors (Lipinski definition) is 1. The molecule has 2 aromatic heterocycles. The number of likely N-dealkylation sites (N-methyl/N-ethyl adjacent to an activating group) is 1.